The molecule has 1 saturated heterocycles. The Labute approximate surface area is 437 Å². The molecule has 0 aromatic heterocycles. The molecule has 1 aliphatic heterocycles. The molecule has 392 valence electrons. The molecule has 68 heavy (non-hydrogen) atoms. The van der Waals surface area contributed by atoms with Gasteiger partial charge in [0.05, 0.1) is 25.4 Å². The first-order valence-electron chi connectivity index (χ1n) is 26.0. The Morgan fingerprint density at radius 2 is 1.10 bits per heavy atom. The third-order valence-corrected chi connectivity index (χ3v) is 15.3. The molecule has 6 atom stereocenters. The van der Waals surface area contributed by atoms with Gasteiger partial charge in [-0.1, -0.05) is 122 Å². The zero-order valence-corrected chi connectivity index (χ0v) is 47.2. The van der Waals surface area contributed by atoms with Gasteiger partial charge in [-0.3, -0.25) is 24.0 Å². The van der Waals surface area contributed by atoms with Gasteiger partial charge in [-0.15, -0.1) is 0 Å². The number of ketones is 3. The SMILES string of the molecule is CC(=O)OO.CCCCCC1(CC[C@H]2[C@H](CI)CC(=O)[C@@H]2CC=CCCCC(=O)OC(C)C)OCCO1.CCCCCCCC(=O)CC[C@H]1[C@H](CI)CC(=O)[C@@H]1CC=CCCCC(=O)OC(C)C. The van der Waals surface area contributed by atoms with E-state index in [0.29, 0.717) is 92.8 Å². The van der Waals surface area contributed by atoms with Crippen LogP contribution in [0.3, 0.4) is 0 Å². The maximum absolute atomic E-state index is 12.8. The van der Waals surface area contributed by atoms with E-state index < -0.39 is 11.8 Å². The molecule has 0 aromatic rings. The van der Waals surface area contributed by atoms with E-state index in [1.807, 2.05) is 27.7 Å². The molecule has 0 unspecified atom stereocenters. The Kier molecular flexibility index (Phi) is 36.7. The van der Waals surface area contributed by atoms with E-state index in [4.69, 9.17) is 24.2 Å². The lowest BCUT2D eigenvalue weighted by Crippen LogP contribution is -2.32. The number of rotatable bonds is 32. The number of esters is 2. The molecule has 3 fully saturated rings. The van der Waals surface area contributed by atoms with Crippen LogP contribution in [0.5, 0.6) is 0 Å². The molecule has 3 aliphatic rings. The van der Waals surface area contributed by atoms with E-state index in [-0.39, 0.29) is 36.0 Å². The number of halogens is 2. The first-order chi connectivity index (χ1) is 32.6. The monoisotopic (exact) mass is 1180 g/mol. The van der Waals surface area contributed by atoms with Crippen molar-refractivity contribution in [2.24, 2.45) is 35.5 Å². The number of hydrogen-bond donors (Lipinski definition) is 1. The lowest BCUT2D eigenvalue weighted by atomic mass is 9.82. The Balaban J connectivity index is 0.000000618. The van der Waals surface area contributed by atoms with Crippen LogP contribution in [0.2, 0.25) is 0 Å². The van der Waals surface area contributed by atoms with Gasteiger partial charge in [0.15, 0.2) is 5.79 Å². The third-order valence-electron chi connectivity index (χ3n) is 13.0. The van der Waals surface area contributed by atoms with Gasteiger partial charge in [0.2, 0.25) is 0 Å². The highest BCUT2D eigenvalue weighted by Gasteiger charge is 2.44. The molecule has 2 saturated carbocycles. The number of ether oxygens (including phenoxy) is 4. The van der Waals surface area contributed by atoms with Crippen LogP contribution >= 0.6 is 45.2 Å². The van der Waals surface area contributed by atoms with E-state index in [1.165, 1.54) is 32.1 Å². The van der Waals surface area contributed by atoms with Crippen LogP contribution in [0.4, 0.5) is 0 Å². The van der Waals surface area contributed by atoms with Gasteiger partial charge < -0.3 is 23.8 Å². The second-order valence-electron chi connectivity index (χ2n) is 19.4. The van der Waals surface area contributed by atoms with Crippen LogP contribution in [-0.2, 0) is 52.6 Å². The van der Waals surface area contributed by atoms with Crippen molar-refractivity contribution < 1.29 is 57.9 Å². The van der Waals surface area contributed by atoms with Gasteiger partial charge in [-0.05, 0) is 116 Å². The van der Waals surface area contributed by atoms with Gasteiger partial charge in [0.25, 0.3) is 0 Å². The Morgan fingerprint density at radius 3 is 1.54 bits per heavy atom. The predicted octanol–water partition coefficient (Wildman–Crippen LogP) is 13.5. The fourth-order valence-corrected chi connectivity index (χ4v) is 11.4. The predicted molar refractivity (Wildman–Crippen MR) is 286 cm³/mol. The first-order valence-corrected chi connectivity index (χ1v) is 29.1. The molecular weight excluding hydrogens is 1090 g/mol. The maximum atomic E-state index is 12.8. The summed E-state index contributed by atoms with van der Waals surface area (Å²) in [5, 5.41) is 7.29. The number of alkyl halides is 2. The topological polar surface area (TPSA) is 169 Å². The number of carbonyl (C=O) groups excluding carboxylic acids is 6. The smallest absolute Gasteiger partial charge is 0.339 e. The highest BCUT2D eigenvalue weighted by Crippen LogP contribution is 2.44. The van der Waals surface area contributed by atoms with Crippen molar-refractivity contribution in [1.82, 2.24) is 0 Å². The standard InChI is InChI=1S/C26H43IO5.C26H43IO4.C2H4O3/c1-4-5-10-14-26(30-16-17-31-26)15-13-22-21(19-27)18-24(28)23(22)11-8-6-7-9-12-25(29)32-20(2)3;1-4-5-6-7-10-13-22(28)16-17-23-21(19-27)18-25(29)24(23)14-11-8-9-12-15-26(30)31-20(2)3;1-2(3)5-4/h6,8,20-23H,4-5,7,9-19H2,1-3H3;8,11,20-21,23-24H,4-7,9-10,12-19H2,1-3H3;4H,1H3/t21-,22-,23+;21-,23-,24+;/m00./s1. The van der Waals surface area contributed by atoms with Crippen molar-refractivity contribution in [1.29, 1.82) is 0 Å². The summed E-state index contributed by atoms with van der Waals surface area (Å²) < 4.78 is 24.5. The minimum atomic E-state index is -0.690. The summed E-state index contributed by atoms with van der Waals surface area (Å²) >= 11 is 4.83. The fraction of sp³-hybridized carbons (Fsp3) is 0.815. The molecule has 0 aromatic carbocycles. The summed E-state index contributed by atoms with van der Waals surface area (Å²) in [6.45, 7) is 14.3. The number of carbonyl (C=O) groups is 6. The molecule has 0 bridgehead atoms. The van der Waals surface area contributed by atoms with E-state index in [0.717, 1.165) is 99.2 Å². The van der Waals surface area contributed by atoms with Gasteiger partial charge in [-0.2, -0.15) is 5.26 Å². The molecule has 3 rings (SSSR count). The molecule has 0 amide bonds. The lowest BCUT2D eigenvalue weighted by molar-refractivity contribution is -0.231. The molecule has 14 heteroatoms. The molecule has 12 nitrogen and oxygen atoms in total. The Morgan fingerprint density at radius 1 is 0.647 bits per heavy atom. The summed E-state index contributed by atoms with van der Waals surface area (Å²) in [4.78, 5) is 73.4. The van der Waals surface area contributed by atoms with Crippen LogP contribution in [0.15, 0.2) is 24.3 Å². The van der Waals surface area contributed by atoms with Crippen molar-refractivity contribution in [3.63, 3.8) is 0 Å². The Hall–Kier alpha value is -1.76. The van der Waals surface area contributed by atoms with E-state index in [1.54, 1.807) is 0 Å². The van der Waals surface area contributed by atoms with Crippen molar-refractivity contribution in [2.45, 2.75) is 221 Å². The second-order valence-corrected chi connectivity index (χ2v) is 21.2. The molecule has 1 heterocycles. The highest BCUT2D eigenvalue weighted by molar-refractivity contribution is 14.1. The summed E-state index contributed by atoms with van der Waals surface area (Å²) in [5.41, 5.74) is 0. The average Bonchev–Trinajstić information content (AvgIpc) is 3.98. The molecule has 1 N–H and O–H groups in total. The van der Waals surface area contributed by atoms with Crippen LogP contribution in [-0.4, -0.2) is 80.6 Å². The highest BCUT2D eigenvalue weighted by atomic mass is 127. The average molecular weight is 1190 g/mol. The van der Waals surface area contributed by atoms with Gasteiger partial charge in [0.1, 0.15) is 17.3 Å². The van der Waals surface area contributed by atoms with Crippen LogP contribution < -0.4 is 0 Å². The summed E-state index contributed by atoms with van der Waals surface area (Å²) in [6, 6.07) is 0. The number of allylic oxidation sites excluding steroid dienone is 4. The molecule has 2 aliphatic carbocycles. The molecular formula is C54H90I2O12. The summed E-state index contributed by atoms with van der Waals surface area (Å²) in [7, 11) is 0. The zero-order valence-electron chi connectivity index (χ0n) is 42.9. The minimum Gasteiger partial charge on any atom is -0.463 e. The second kappa shape index (κ2) is 38.9. The Bertz CT molecular complexity index is 1490. The summed E-state index contributed by atoms with van der Waals surface area (Å²) in [6.07, 6.45) is 29.8. The van der Waals surface area contributed by atoms with Crippen molar-refractivity contribution >= 4 is 80.4 Å². The van der Waals surface area contributed by atoms with Crippen molar-refractivity contribution in [3.8, 4) is 0 Å². The zero-order chi connectivity index (χ0) is 50.7. The number of hydrogen-bond acceptors (Lipinski definition) is 12. The normalized spacial score (nSPS) is 22.1. The van der Waals surface area contributed by atoms with Crippen molar-refractivity contribution in [2.75, 3.05) is 22.1 Å². The van der Waals surface area contributed by atoms with Gasteiger partial charge in [-0.25, -0.2) is 4.79 Å². The van der Waals surface area contributed by atoms with E-state index in [2.05, 4.69) is 88.2 Å². The van der Waals surface area contributed by atoms with Crippen LogP contribution in [0, 0.1) is 35.5 Å². The molecule has 0 spiro atoms. The number of unbranched alkanes of at least 4 members (excludes halogenated alkanes) is 8. The van der Waals surface area contributed by atoms with Gasteiger partial charge >= 0.3 is 17.9 Å². The largest absolute Gasteiger partial charge is 0.463 e. The lowest BCUT2D eigenvalue weighted by Gasteiger charge is -2.31. The van der Waals surface area contributed by atoms with Gasteiger partial charge in [0, 0.05) is 79.0 Å². The quantitative estimate of drug-likeness (QED) is 0.00990. The maximum Gasteiger partial charge on any atom is 0.339 e. The minimum absolute atomic E-state index is 0.0549. The van der Waals surface area contributed by atoms with Crippen molar-refractivity contribution in [3.05, 3.63) is 24.3 Å². The van der Waals surface area contributed by atoms with E-state index in [9.17, 15) is 28.8 Å². The first kappa shape index (κ1) is 64.3. The fourth-order valence-electron chi connectivity index (χ4n) is 9.49. The number of Topliss-reactive ketones (excluding diaryl/α,β-unsaturated/α-hetero) is 3. The van der Waals surface area contributed by atoms with Crippen LogP contribution in [0.25, 0.3) is 0 Å². The van der Waals surface area contributed by atoms with E-state index >= 15 is 0 Å². The summed E-state index contributed by atoms with van der Waals surface area (Å²) in [5.74, 6) is 1.51. The molecule has 0 radical (unpaired) electrons. The van der Waals surface area contributed by atoms with Crippen LogP contribution in [0.1, 0.15) is 203 Å². The third kappa shape index (κ3) is 28.3.